The zero-order valence-corrected chi connectivity index (χ0v) is 21.1. The number of hydrogen-bond acceptors (Lipinski definition) is 7. The van der Waals surface area contributed by atoms with E-state index >= 15 is 0 Å². The first-order valence-electron chi connectivity index (χ1n) is 10.7. The Balaban J connectivity index is 0.00000324. The number of nitrogens with one attached hydrogen (secondary N) is 2. The molecule has 4 rings (SSSR count). The molecule has 0 saturated carbocycles. The molecule has 3 aliphatic rings. The van der Waals surface area contributed by atoms with Crippen LogP contribution in [-0.4, -0.2) is 59.3 Å². The van der Waals surface area contributed by atoms with E-state index in [9.17, 15) is 28.2 Å². The Kier molecular flexibility index (Phi) is 8.03. The van der Waals surface area contributed by atoms with Crippen LogP contribution in [0.25, 0.3) is 0 Å². The topological polar surface area (TPSA) is 162 Å². The molecule has 3 aliphatic heterocycles. The first kappa shape index (κ1) is 26.9. The molecule has 6 atom stereocenters. The number of β-lactam (4-membered cyclic amide) rings is 1. The Morgan fingerprint density at radius 1 is 1.35 bits per heavy atom. The summed E-state index contributed by atoms with van der Waals surface area (Å²) in [6, 6.07) is 7.32. The van der Waals surface area contributed by atoms with Crippen LogP contribution >= 0.6 is 24.2 Å². The van der Waals surface area contributed by atoms with Crippen LogP contribution in [0.5, 0.6) is 0 Å². The van der Waals surface area contributed by atoms with Gasteiger partial charge in [0.25, 0.3) is 10.2 Å². The second-order valence-electron chi connectivity index (χ2n) is 8.82. The lowest BCUT2D eigenvalue weighted by molar-refractivity contribution is -0.163. The van der Waals surface area contributed by atoms with Gasteiger partial charge in [-0.3, -0.25) is 4.79 Å². The molecule has 3 heterocycles. The average Bonchev–Trinajstić information content (AvgIpc) is 3.28. The van der Waals surface area contributed by atoms with Gasteiger partial charge in [-0.2, -0.15) is 13.1 Å². The van der Waals surface area contributed by atoms with E-state index in [1.807, 2.05) is 31.2 Å². The molecule has 0 bridgehead atoms. The van der Waals surface area contributed by atoms with Crippen LogP contribution in [-0.2, 0) is 26.3 Å². The minimum absolute atomic E-state index is 0. The average molecular weight is 533 g/mol. The molecule has 1 amide bonds. The molecule has 188 valence electrons. The van der Waals surface area contributed by atoms with Crippen molar-refractivity contribution in [1.29, 1.82) is 0 Å². The zero-order chi connectivity index (χ0) is 24.1. The number of aliphatic carboxylic acids is 1. The number of nitrogens with two attached hydrogens (primary N) is 1. The summed E-state index contributed by atoms with van der Waals surface area (Å²) >= 11 is 1.51. The number of amides is 1. The predicted octanol–water partition coefficient (Wildman–Crippen LogP) is 0.691. The van der Waals surface area contributed by atoms with Gasteiger partial charge in [-0.05, 0) is 24.5 Å². The van der Waals surface area contributed by atoms with Gasteiger partial charge in [-0.1, -0.05) is 31.2 Å². The van der Waals surface area contributed by atoms with Crippen LogP contribution in [0.4, 0.5) is 0 Å². The molecule has 0 radical (unpaired) electrons. The third-order valence-electron chi connectivity index (χ3n) is 6.55. The molecule has 1 aromatic rings. The Bertz CT molecular complexity index is 1090. The number of aliphatic hydroxyl groups excluding tert-OH is 1. The minimum Gasteiger partial charge on any atom is -0.477 e. The van der Waals surface area contributed by atoms with Gasteiger partial charge < -0.3 is 20.4 Å². The normalized spacial score (nSPS) is 29.5. The molecule has 10 nitrogen and oxygen atoms in total. The fourth-order valence-corrected chi connectivity index (χ4v) is 6.80. The second kappa shape index (κ2) is 10.1. The van der Waals surface area contributed by atoms with E-state index in [2.05, 4.69) is 10.0 Å². The largest absolute Gasteiger partial charge is 0.477 e. The fourth-order valence-electron chi connectivity index (χ4n) is 4.96. The highest BCUT2D eigenvalue weighted by molar-refractivity contribution is 8.03. The lowest BCUT2D eigenvalue weighted by atomic mass is 9.79. The summed E-state index contributed by atoms with van der Waals surface area (Å²) in [7, 11) is -3.75. The van der Waals surface area contributed by atoms with Crippen molar-refractivity contribution in [2.45, 2.75) is 50.3 Å². The van der Waals surface area contributed by atoms with Crippen LogP contribution < -0.4 is 15.2 Å². The van der Waals surface area contributed by atoms with Gasteiger partial charge in [0.2, 0.25) is 5.91 Å². The number of aliphatic hydroxyl groups is 1. The van der Waals surface area contributed by atoms with Crippen molar-refractivity contribution in [3.8, 4) is 0 Å². The minimum atomic E-state index is -3.75. The third kappa shape index (κ3) is 5.13. The van der Waals surface area contributed by atoms with Crippen molar-refractivity contribution in [3.63, 3.8) is 0 Å². The smallest absolute Gasteiger partial charge is 0.353 e. The first-order chi connectivity index (χ1) is 15.5. The number of carboxylic acid groups (broad SMARTS) is 1. The van der Waals surface area contributed by atoms with Gasteiger partial charge >= 0.3 is 5.97 Å². The van der Waals surface area contributed by atoms with Crippen LogP contribution in [0.2, 0.25) is 0 Å². The molecule has 34 heavy (non-hydrogen) atoms. The lowest BCUT2D eigenvalue weighted by Crippen LogP contribution is -2.63. The highest BCUT2D eigenvalue weighted by Crippen LogP contribution is 2.52. The molecule has 6 N–H and O–H groups in total. The molecular weight excluding hydrogens is 504 g/mol. The van der Waals surface area contributed by atoms with Crippen LogP contribution in [0.15, 0.2) is 34.9 Å². The Labute approximate surface area is 208 Å². The highest BCUT2D eigenvalue weighted by atomic mass is 35.5. The molecular formula is C21H29ClN4O6S2. The van der Waals surface area contributed by atoms with E-state index in [1.54, 1.807) is 6.92 Å². The van der Waals surface area contributed by atoms with Gasteiger partial charge in [0.1, 0.15) is 5.70 Å². The maximum absolute atomic E-state index is 12.5. The number of hydrogen-bond donors (Lipinski definition) is 5. The summed E-state index contributed by atoms with van der Waals surface area (Å²) < 4.78 is 24.3. The maximum Gasteiger partial charge on any atom is 0.353 e. The summed E-state index contributed by atoms with van der Waals surface area (Å²) in [6.07, 6.45) is -0.0395. The molecule has 0 aliphatic carbocycles. The van der Waals surface area contributed by atoms with E-state index < -0.39 is 28.2 Å². The van der Waals surface area contributed by atoms with Crippen molar-refractivity contribution in [1.82, 2.24) is 14.9 Å². The number of fused-ring (bicyclic) bond motifs is 1. The van der Waals surface area contributed by atoms with Gasteiger partial charge in [-0.15, -0.1) is 24.2 Å². The van der Waals surface area contributed by atoms with E-state index in [4.69, 9.17) is 5.14 Å². The molecule has 0 unspecified atom stereocenters. The molecule has 2 saturated heterocycles. The molecule has 2 fully saturated rings. The van der Waals surface area contributed by atoms with E-state index in [-0.39, 0.29) is 53.8 Å². The standard InChI is InChI=1S/C21H28N4O6S2.ClH/c1-10-17-16(11(2)26)20(27)25(17)18(21(28)29)19(10)32-14-7-15(23-9-14)13-5-3-12(4-6-13)8-24-33(22,30)31;/h3-6,10-11,14-17,23-24,26H,7-9H2,1-2H3,(H,28,29)(H2,22,30,31);1H/t10-,11-,14+,15-,16-,17-;/m1./s1. The van der Waals surface area contributed by atoms with Crippen LogP contribution in [0.1, 0.15) is 37.4 Å². The quantitative estimate of drug-likeness (QED) is 0.305. The first-order valence-corrected chi connectivity index (χ1v) is 13.2. The van der Waals surface area contributed by atoms with Crippen molar-refractivity contribution >= 4 is 46.3 Å². The van der Waals surface area contributed by atoms with E-state index in [0.29, 0.717) is 11.4 Å². The Hall–Kier alpha value is -1.67. The molecule has 1 aromatic carbocycles. The van der Waals surface area contributed by atoms with Crippen molar-refractivity contribution in [2.24, 2.45) is 17.0 Å². The summed E-state index contributed by atoms with van der Waals surface area (Å²) in [6.45, 7) is 4.29. The van der Waals surface area contributed by atoms with Gasteiger partial charge in [0.05, 0.1) is 18.1 Å². The Morgan fingerprint density at radius 2 is 2.00 bits per heavy atom. The van der Waals surface area contributed by atoms with E-state index in [0.717, 1.165) is 17.5 Å². The number of carboxylic acids is 1. The summed E-state index contributed by atoms with van der Waals surface area (Å²) in [5.41, 5.74) is 1.89. The summed E-state index contributed by atoms with van der Waals surface area (Å²) in [5, 5.41) is 28.3. The zero-order valence-electron chi connectivity index (χ0n) is 18.7. The number of benzene rings is 1. The number of halogens is 1. The van der Waals surface area contributed by atoms with E-state index in [1.165, 1.54) is 16.7 Å². The monoisotopic (exact) mass is 532 g/mol. The van der Waals surface area contributed by atoms with Crippen molar-refractivity contribution < 1.29 is 28.2 Å². The Morgan fingerprint density at radius 3 is 2.56 bits per heavy atom. The number of rotatable bonds is 8. The third-order valence-corrected chi connectivity index (χ3v) is 8.61. The van der Waals surface area contributed by atoms with Crippen LogP contribution in [0.3, 0.4) is 0 Å². The van der Waals surface area contributed by atoms with Gasteiger partial charge in [0, 0.05) is 35.2 Å². The molecule has 0 spiro atoms. The number of carbonyl (C=O) groups is 2. The predicted molar refractivity (Wildman–Crippen MR) is 130 cm³/mol. The summed E-state index contributed by atoms with van der Waals surface area (Å²) in [4.78, 5) is 26.5. The van der Waals surface area contributed by atoms with Crippen molar-refractivity contribution in [3.05, 3.63) is 46.0 Å². The van der Waals surface area contributed by atoms with Crippen LogP contribution in [0, 0.1) is 11.8 Å². The number of nitrogens with zero attached hydrogens (tertiary/aromatic N) is 1. The van der Waals surface area contributed by atoms with Gasteiger partial charge in [-0.25, -0.2) is 9.93 Å². The fraction of sp³-hybridized carbons (Fsp3) is 0.524. The SMILES string of the molecule is C[C@@H](O)[C@H]1C(=O)N2C(C(=O)O)=C(S[C@@H]3CN[C@@H](c4ccc(CNS(N)(=O)=O)cc4)C3)[C@H](C)[C@H]12.Cl. The molecule has 0 aromatic heterocycles. The number of carbonyl (C=O) groups excluding carboxylic acids is 1. The second-order valence-corrected chi connectivity index (χ2v) is 11.5. The maximum atomic E-state index is 12.5. The van der Waals surface area contributed by atoms with Crippen molar-refractivity contribution in [2.75, 3.05) is 6.54 Å². The lowest BCUT2D eigenvalue weighted by Gasteiger charge is -2.46. The summed E-state index contributed by atoms with van der Waals surface area (Å²) in [5.74, 6) is -2.16. The van der Waals surface area contributed by atoms with Gasteiger partial charge in [0.15, 0.2) is 0 Å². The highest BCUT2D eigenvalue weighted by Gasteiger charge is 2.60. The molecule has 13 heteroatoms. The number of thioether (sulfide) groups is 1.